The highest BCUT2D eigenvalue weighted by atomic mass is 16.7. The Hall–Kier alpha value is -5.46. The van der Waals surface area contributed by atoms with E-state index in [9.17, 15) is 24.3 Å². The molecular weight excluding hydrogens is 568 g/mol. The normalized spacial score (nSPS) is 12.4. The van der Waals surface area contributed by atoms with Crippen LogP contribution in [0.5, 0.6) is 5.75 Å². The first-order valence-corrected chi connectivity index (χ1v) is 14.2. The molecular formula is C31H32N6O7. The number of anilines is 2. The number of esters is 1. The lowest BCUT2D eigenvalue weighted by molar-refractivity contribution is -0.151. The number of phenols is 1. The SMILES string of the molecule is CCCN(C(=O)OCOC(=O)Cc1ccc(O)cc1)C(=O)c1cc2c(Nc3cc(C(=O)NC4CC4)ccc3C)ncnn2c1. The van der Waals surface area contributed by atoms with E-state index in [1.165, 1.54) is 29.2 Å². The minimum absolute atomic E-state index is 0.0665. The van der Waals surface area contributed by atoms with E-state index in [1.54, 1.807) is 37.3 Å². The van der Waals surface area contributed by atoms with Crippen molar-refractivity contribution in [1.29, 1.82) is 0 Å². The van der Waals surface area contributed by atoms with Crippen LogP contribution in [0.1, 0.15) is 58.0 Å². The molecule has 1 aliphatic rings. The molecule has 0 saturated heterocycles. The van der Waals surface area contributed by atoms with Crippen LogP contribution >= 0.6 is 0 Å². The molecule has 0 spiro atoms. The quantitative estimate of drug-likeness (QED) is 0.169. The van der Waals surface area contributed by atoms with Crippen LogP contribution in [0.15, 0.2) is 61.1 Å². The van der Waals surface area contributed by atoms with Crippen molar-refractivity contribution in [3.05, 3.63) is 83.3 Å². The van der Waals surface area contributed by atoms with Crippen molar-refractivity contribution >= 4 is 40.9 Å². The van der Waals surface area contributed by atoms with Gasteiger partial charge in [0.1, 0.15) is 17.6 Å². The van der Waals surface area contributed by atoms with E-state index < -0.39 is 24.8 Å². The number of carbonyl (C=O) groups excluding carboxylic acids is 4. The van der Waals surface area contributed by atoms with Gasteiger partial charge in [0.05, 0.1) is 12.0 Å². The number of nitrogens with one attached hydrogen (secondary N) is 2. The number of fused-ring (bicyclic) bond motifs is 1. The fourth-order valence-electron chi connectivity index (χ4n) is 4.38. The fourth-order valence-corrected chi connectivity index (χ4v) is 4.38. The molecule has 2 heterocycles. The Balaban J connectivity index is 1.26. The van der Waals surface area contributed by atoms with E-state index >= 15 is 0 Å². The predicted octanol–water partition coefficient (Wildman–Crippen LogP) is 4.11. The monoisotopic (exact) mass is 600 g/mol. The molecule has 228 valence electrons. The number of phenolic OH excluding ortho intramolecular Hbond substituents is 1. The van der Waals surface area contributed by atoms with Crippen LogP contribution in [0, 0.1) is 6.92 Å². The summed E-state index contributed by atoms with van der Waals surface area (Å²) in [5.41, 5.74) is 3.31. The van der Waals surface area contributed by atoms with Gasteiger partial charge in [-0.25, -0.2) is 19.2 Å². The number of aromatic nitrogens is 3. The van der Waals surface area contributed by atoms with Crippen LogP contribution in [-0.2, 0) is 20.7 Å². The van der Waals surface area contributed by atoms with Gasteiger partial charge in [-0.2, -0.15) is 5.10 Å². The molecule has 0 radical (unpaired) electrons. The first-order valence-electron chi connectivity index (χ1n) is 14.2. The van der Waals surface area contributed by atoms with Gasteiger partial charge < -0.3 is 25.2 Å². The third-order valence-electron chi connectivity index (χ3n) is 6.92. The number of nitrogens with zero attached hydrogens (tertiary/aromatic N) is 4. The second-order valence-corrected chi connectivity index (χ2v) is 10.4. The molecule has 4 aromatic rings. The molecule has 3 N–H and O–H groups in total. The van der Waals surface area contributed by atoms with Crippen LogP contribution in [0.25, 0.3) is 5.52 Å². The van der Waals surface area contributed by atoms with Crippen molar-refractivity contribution in [2.24, 2.45) is 0 Å². The van der Waals surface area contributed by atoms with Crippen molar-refractivity contribution in [3.63, 3.8) is 0 Å². The van der Waals surface area contributed by atoms with Gasteiger partial charge in [-0.05, 0) is 67.6 Å². The number of rotatable bonds is 11. The van der Waals surface area contributed by atoms with Gasteiger partial charge in [0.2, 0.25) is 6.79 Å². The largest absolute Gasteiger partial charge is 0.508 e. The maximum atomic E-state index is 13.4. The van der Waals surface area contributed by atoms with E-state index in [0.717, 1.165) is 23.3 Å². The zero-order chi connectivity index (χ0) is 31.2. The van der Waals surface area contributed by atoms with Gasteiger partial charge in [0.15, 0.2) is 5.82 Å². The molecule has 13 heteroatoms. The summed E-state index contributed by atoms with van der Waals surface area (Å²) in [7, 11) is 0. The summed E-state index contributed by atoms with van der Waals surface area (Å²) in [4.78, 5) is 56.2. The fraction of sp³-hybridized carbons (Fsp3) is 0.290. The summed E-state index contributed by atoms with van der Waals surface area (Å²) in [5, 5.41) is 19.8. The molecule has 5 rings (SSSR count). The highest BCUT2D eigenvalue weighted by Gasteiger charge is 2.26. The number of aromatic hydroxyl groups is 1. The molecule has 0 bridgehead atoms. The standard InChI is InChI=1S/C31H32N6O7/c1-3-12-36(31(42)44-18-43-27(39)13-20-5-10-24(38)11-6-20)30(41)22-15-26-28(32-17-33-37(26)16-22)35-25-14-21(7-4-19(25)2)29(40)34-23-8-9-23/h4-7,10-11,14-17,23,38H,3,8-9,12-13,18H2,1-2H3,(H,34,40)(H,32,33,35). The lowest BCUT2D eigenvalue weighted by Crippen LogP contribution is -2.38. The van der Waals surface area contributed by atoms with E-state index in [2.05, 4.69) is 20.7 Å². The van der Waals surface area contributed by atoms with Crippen LogP contribution in [0.2, 0.25) is 0 Å². The lowest BCUT2D eigenvalue weighted by Gasteiger charge is -2.19. The summed E-state index contributed by atoms with van der Waals surface area (Å²) in [6.45, 7) is 3.10. The second kappa shape index (κ2) is 13.2. The maximum Gasteiger partial charge on any atom is 0.419 e. The average molecular weight is 601 g/mol. The third-order valence-corrected chi connectivity index (χ3v) is 6.92. The topological polar surface area (TPSA) is 164 Å². The zero-order valence-electron chi connectivity index (χ0n) is 24.3. The second-order valence-electron chi connectivity index (χ2n) is 10.4. The molecule has 2 aromatic heterocycles. The summed E-state index contributed by atoms with van der Waals surface area (Å²) >= 11 is 0. The summed E-state index contributed by atoms with van der Waals surface area (Å²) in [6.07, 6.45) is 4.19. The van der Waals surface area contributed by atoms with E-state index in [0.29, 0.717) is 34.6 Å². The number of hydrogen-bond donors (Lipinski definition) is 3. The molecule has 44 heavy (non-hydrogen) atoms. The molecule has 0 aliphatic heterocycles. The van der Waals surface area contributed by atoms with Gasteiger partial charge >= 0.3 is 12.1 Å². The minimum atomic E-state index is -0.967. The summed E-state index contributed by atoms with van der Waals surface area (Å²) in [5.74, 6) is -0.944. The molecule has 1 aliphatic carbocycles. The van der Waals surface area contributed by atoms with Crippen LogP contribution in [-0.4, -0.2) is 67.9 Å². The summed E-state index contributed by atoms with van der Waals surface area (Å²) < 4.78 is 11.5. The third kappa shape index (κ3) is 7.30. The molecule has 13 nitrogen and oxygen atoms in total. The number of benzene rings is 2. The van der Waals surface area contributed by atoms with Gasteiger partial charge in [-0.15, -0.1) is 0 Å². The molecule has 1 saturated carbocycles. The van der Waals surface area contributed by atoms with Gasteiger partial charge in [-0.1, -0.05) is 25.1 Å². The molecule has 0 atom stereocenters. The molecule has 0 unspecified atom stereocenters. The first-order chi connectivity index (χ1) is 21.2. The average Bonchev–Trinajstić information content (AvgIpc) is 3.71. The smallest absolute Gasteiger partial charge is 0.419 e. The maximum absolute atomic E-state index is 13.4. The Bertz CT molecular complexity index is 1700. The van der Waals surface area contributed by atoms with Crippen LogP contribution < -0.4 is 10.6 Å². The Morgan fingerprint density at radius 3 is 2.55 bits per heavy atom. The molecule has 2 aromatic carbocycles. The highest BCUT2D eigenvalue weighted by Crippen LogP contribution is 2.26. The Kier molecular flexibility index (Phi) is 9.03. The Morgan fingerprint density at radius 2 is 1.82 bits per heavy atom. The first kappa shape index (κ1) is 30.0. The minimum Gasteiger partial charge on any atom is -0.508 e. The van der Waals surface area contributed by atoms with Crippen molar-refractivity contribution in [2.75, 3.05) is 18.7 Å². The van der Waals surface area contributed by atoms with Gasteiger partial charge in [0, 0.05) is 30.0 Å². The van der Waals surface area contributed by atoms with Crippen molar-refractivity contribution in [2.45, 2.75) is 45.6 Å². The number of carbonyl (C=O) groups is 4. The van der Waals surface area contributed by atoms with E-state index in [1.807, 2.05) is 13.0 Å². The Morgan fingerprint density at radius 1 is 1.05 bits per heavy atom. The number of amides is 3. The predicted molar refractivity (Wildman–Crippen MR) is 159 cm³/mol. The Labute approximate surface area is 252 Å². The number of ether oxygens (including phenoxy) is 2. The van der Waals surface area contributed by atoms with Crippen LogP contribution in [0.4, 0.5) is 16.3 Å². The van der Waals surface area contributed by atoms with E-state index in [-0.39, 0.29) is 36.2 Å². The molecule has 1 fully saturated rings. The van der Waals surface area contributed by atoms with Crippen molar-refractivity contribution in [1.82, 2.24) is 24.8 Å². The zero-order valence-corrected chi connectivity index (χ0v) is 24.3. The lowest BCUT2D eigenvalue weighted by atomic mass is 10.1. The number of hydrogen-bond acceptors (Lipinski definition) is 10. The summed E-state index contributed by atoms with van der Waals surface area (Å²) in [6, 6.07) is 13.2. The van der Waals surface area contributed by atoms with Gasteiger partial charge in [-0.3, -0.25) is 14.4 Å². The van der Waals surface area contributed by atoms with Gasteiger partial charge in [0.25, 0.3) is 11.8 Å². The highest BCUT2D eigenvalue weighted by molar-refractivity contribution is 6.04. The van der Waals surface area contributed by atoms with Crippen molar-refractivity contribution in [3.8, 4) is 5.75 Å². The number of imide groups is 1. The van der Waals surface area contributed by atoms with Crippen molar-refractivity contribution < 1.29 is 33.8 Å². The van der Waals surface area contributed by atoms with Crippen LogP contribution in [0.3, 0.4) is 0 Å². The number of aryl methyl sites for hydroxylation is 1. The molecule has 3 amide bonds. The van der Waals surface area contributed by atoms with E-state index in [4.69, 9.17) is 9.47 Å².